The first-order chi connectivity index (χ1) is 15.8. The standard InChI is InChI=1S/C24H27Cl2N3O4/c1-16(24(31)27-19-8-3-2-4-9-19)28(15-17-11-12-20(25)21(26)13-17)23(30)14-18-7-5-6-10-22(18)29(32)33/h5-7,10-13,16,19H,2-4,8-9,14-15H2,1H3,(H,27,31). The quantitative estimate of drug-likeness (QED) is 0.399. The van der Waals surface area contributed by atoms with Crippen molar-refractivity contribution < 1.29 is 14.5 Å². The molecule has 1 N–H and O–H groups in total. The second-order valence-corrected chi connectivity index (χ2v) is 9.17. The van der Waals surface area contributed by atoms with E-state index < -0.39 is 11.0 Å². The first-order valence-electron chi connectivity index (χ1n) is 11.0. The number of nitrogens with zero attached hydrogens (tertiary/aromatic N) is 2. The predicted molar refractivity (Wildman–Crippen MR) is 128 cm³/mol. The van der Waals surface area contributed by atoms with Crippen LogP contribution in [-0.2, 0) is 22.6 Å². The highest BCUT2D eigenvalue weighted by molar-refractivity contribution is 6.42. The van der Waals surface area contributed by atoms with Gasteiger partial charge in [0.1, 0.15) is 6.04 Å². The molecular weight excluding hydrogens is 465 g/mol. The van der Waals surface area contributed by atoms with Crippen LogP contribution in [0, 0.1) is 10.1 Å². The molecule has 1 atom stereocenters. The van der Waals surface area contributed by atoms with Crippen molar-refractivity contribution in [2.24, 2.45) is 0 Å². The highest BCUT2D eigenvalue weighted by atomic mass is 35.5. The SMILES string of the molecule is CC(C(=O)NC1CCCCC1)N(Cc1ccc(Cl)c(Cl)c1)C(=O)Cc1ccccc1[N+](=O)[O-]. The summed E-state index contributed by atoms with van der Waals surface area (Å²) in [5, 5.41) is 15.2. The molecule has 176 valence electrons. The first-order valence-corrected chi connectivity index (χ1v) is 11.8. The molecule has 1 unspecified atom stereocenters. The van der Waals surface area contributed by atoms with E-state index in [1.165, 1.54) is 17.4 Å². The number of nitro groups is 1. The zero-order valence-corrected chi connectivity index (χ0v) is 19.9. The normalized spacial score (nSPS) is 15.0. The van der Waals surface area contributed by atoms with Gasteiger partial charge in [-0.05, 0) is 37.5 Å². The van der Waals surface area contributed by atoms with Crippen LogP contribution in [0.25, 0.3) is 0 Å². The molecular formula is C24H27Cl2N3O4. The van der Waals surface area contributed by atoms with Gasteiger partial charge < -0.3 is 10.2 Å². The third-order valence-electron chi connectivity index (χ3n) is 5.99. The fourth-order valence-electron chi connectivity index (χ4n) is 4.09. The van der Waals surface area contributed by atoms with E-state index in [1.54, 1.807) is 43.3 Å². The monoisotopic (exact) mass is 491 g/mol. The first kappa shape index (κ1) is 25.0. The van der Waals surface area contributed by atoms with Gasteiger partial charge in [0.25, 0.3) is 5.69 Å². The molecule has 1 aliphatic rings. The van der Waals surface area contributed by atoms with Crippen LogP contribution >= 0.6 is 23.2 Å². The maximum Gasteiger partial charge on any atom is 0.273 e. The number of hydrogen-bond donors (Lipinski definition) is 1. The smallest absolute Gasteiger partial charge is 0.273 e. The van der Waals surface area contributed by atoms with Gasteiger partial charge >= 0.3 is 0 Å². The molecule has 9 heteroatoms. The zero-order valence-electron chi connectivity index (χ0n) is 18.4. The molecule has 7 nitrogen and oxygen atoms in total. The second kappa shape index (κ2) is 11.5. The van der Waals surface area contributed by atoms with E-state index in [-0.39, 0.29) is 36.5 Å². The van der Waals surface area contributed by atoms with E-state index in [0.717, 1.165) is 25.7 Å². The maximum atomic E-state index is 13.3. The topological polar surface area (TPSA) is 92.6 Å². The van der Waals surface area contributed by atoms with E-state index in [9.17, 15) is 19.7 Å². The Bertz CT molecular complexity index is 1020. The van der Waals surface area contributed by atoms with Gasteiger partial charge in [-0.25, -0.2) is 0 Å². The maximum absolute atomic E-state index is 13.3. The number of nitro benzene ring substituents is 1. The molecule has 0 radical (unpaired) electrons. The molecule has 0 heterocycles. The summed E-state index contributed by atoms with van der Waals surface area (Å²) in [6.07, 6.45) is 4.97. The van der Waals surface area contributed by atoms with Crippen LogP contribution < -0.4 is 5.32 Å². The van der Waals surface area contributed by atoms with Crippen LogP contribution in [0.3, 0.4) is 0 Å². The molecule has 0 aliphatic heterocycles. The third kappa shape index (κ3) is 6.68. The molecule has 1 fully saturated rings. The molecule has 2 aromatic rings. The van der Waals surface area contributed by atoms with Crippen molar-refractivity contribution in [3.05, 3.63) is 73.8 Å². The van der Waals surface area contributed by atoms with E-state index in [4.69, 9.17) is 23.2 Å². The fraction of sp³-hybridized carbons (Fsp3) is 0.417. The Morgan fingerprint density at radius 1 is 1.12 bits per heavy atom. The lowest BCUT2D eigenvalue weighted by Gasteiger charge is -2.31. The lowest BCUT2D eigenvalue weighted by Crippen LogP contribution is -2.50. The number of amides is 2. The summed E-state index contributed by atoms with van der Waals surface area (Å²) in [7, 11) is 0. The molecule has 0 bridgehead atoms. The summed E-state index contributed by atoms with van der Waals surface area (Å²) in [5.74, 6) is -0.625. The van der Waals surface area contributed by atoms with Gasteiger partial charge in [0.05, 0.1) is 21.4 Å². The van der Waals surface area contributed by atoms with E-state index in [2.05, 4.69) is 5.32 Å². The number of carbonyl (C=O) groups is 2. The number of carbonyl (C=O) groups excluding carboxylic acids is 2. The van der Waals surface area contributed by atoms with Gasteiger partial charge in [0, 0.05) is 24.2 Å². The van der Waals surface area contributed by atoms with Crippen molar-refractivity contribution in [2.45, 2.75) is 64.1 Å². The summed E-state index contributed by atoms with van der Waals surface area (Å²) in [6, 6.07) is 10.5. The van der Waals surface area contributed by atoms with Gasteiger partial charge in [-0.2, -0.15) is 0 Å². The van der Waals surface area contributed by atoms with E-state index in [0.29, 0.717) is 21.2 Å². The molecule has 0 spiro atoms. The van der Waals surface area contributed by atoms with Crippen LogP contribution in [-0.4, -0.2) is 33.7 Å². The van der Waals surface area contributed by atoms with Crippen LogP contribution in [0.2, 0.25) is 10.0 Å². The summed E-state index contributed by atoms with van der Waals surface area (Å²) >= 11 is 12.2. The Balaban J connectivity index is 1.83. The van der Waals surface area contributed by atoms with E-state index >= 15 is 0 Å². The summed E-state index contributed by atoms with van der Waals surface area (Å²) < 4.78 is 0. The number of halogens is 2. The lowest BCUT2D eigenvalue weighted by atomic mass is 9.95. The molecule has 2 amide bonds. The van der Waals surface area contributed by atoms with Gasteiger partial charge in [0.2, 0.25) is 11.8 Å². The van der Waals surface area contributed by atoms with Crippen molar-refractivity contribution in [1.82, 2.24) is 10.2 Å². The van der Waals surface area contributed by atoms with Gasteiger partial charge in [-0.15, -0.1) is 0 Å². The highest BCUT2D eigenvalue weighted by Crippen LogP contribution is 2.25. The number of para-hydroxylation sites is 1. The number of hydrogen-bond acceptors (Lipinski definition) is 4. The second-order valence-electron chi connectivity index (χ2n) is 8.35. The van der Waals surface area contributed by atoms with Crippen LogP contribution in [0.15, 0.2) is 42.5 Å². The molecule has 0 aromatic heterocycles. The fourth-order valence-corrected chi connectivity index (χ4v) is 4.41. The molecule has 3 rings (SSSR count). The third-order valence-corrected chi connectivity index (χ3v) is 6.72. The Morgan fingerprint density at radius 3 is 2.48 bits per heavy atom. The Morgan fingerprint density at radius 2 is 1.82 bits per heavy atom. The van der Waals surface area contributed by atoms with E-state index in [1.807, 2.05) is 0 Å². The van der Waals surface area contributed by atoms with Crippen LogP contribution in [0.5, 0.6) is 0 Å². The highest BCUT2D eigenvalue weighted by Gasteiger charge is 2.29. The Kier molecular flexibility index (Phi) is 8.69. The number of rotatable bonds is 8. The van der Waals surface area contributed by atoms with Gasteiger partial charge in [0.15, 0.2) is 0 Å². The van der Waals surface area contributed by atoms with Crippen LogP contribution in [0.1, 0.15) is 50.2 Å². The summed E-state index contributed by atoms with van der Waals surface area (Å²) in [6.45, 7) is 1.79. The molecule has 0 saturated heterocycles. The van der Waals surface area contributed by atoms with Crippen LogP contribution in [0.4, 0.5) is 5.69 Å². The minimum absolute atomic E-state index is 0.103. The Hall–Kier alpha value is -2.64. The minimum Gasteiger partial charge on any atom is -0.352 e. The summed E-state index contributed by atoms with van der Waals surface area (Å²) in [4.78, 5) is 38.7. The lowest BCUT2D eigenvalue weighted by molar-refractivity contribution is -0.385. The molecule has 2 aromatic carbocycles. The number of nitrogens with one attached hydrogen (secondary N) is 1. The van der Waals surface area contributed by atoms with Crippen molar-refractivity contribution in [1.29, 1.82) is 0 Å². The summed E-state index contributed by atoms with van der Waals surface area (Å²) in [5.41, 5.74) is 0.879. The molecule has 1 saturated carbocycles. The minimum atomic E-state index is -0.767. The average Bonchev–Trinajstić information content (AvgIpc) is 2.80. The van der Waals surface area contributed by atoms with Crippen molar-refractivity contribution in [3.63, 3.8) is 0 Å². The average molecular weight is 492 g/mol. The van der Waals surface area contributed by atoms with Crippen molar-refractivity contribution in [3.8, 4) is 0 Å². The van der Waals surface area contributed by atoms with Gasteiger partial charge in [-0.3, -0.25) is 19.7 Å². The number of benzene rings is 2. The van der Waals surface area contributed by atoms with Crippen molar-refractivity contribution in [2.75, 3.05) is 0 Å². The zero-order chi connectivity index (χ0) is 24.0. The molecule has 33 heavy (non-hydrogen) atoms. The largest absolute Gasteiger partial charge is 0.352 e. The predicted octanol–water partition coefficient (Wildman–Crippen LogP) is 5.31. The van der Waals surface area contributed by atoms with Gasteiger partial charge in [-0.1, -0.05) is 66.7 Å². The Labute approximate surface area is 203 Å². The van der Waals surface area contributed by atoms with Crippen molar-refractivity contribution >= 4 is 40.7 Å². The molecule has 1 aliphatic carbocycles.